The first kappa shape index (κ1) is 18.8. The minimum atomic E-state index is -0.871. The summed E-state index contributed by atoms with van der Waals surface area (Å²) in [6.45, 7) is 2.60. The van der Waals surface area contributed by atoms with Crippen LogP contribution in [0, 0.1) is 0 Å². The summed E-state index contributed by atoms with van der Waals surface area (Å²) in [7, 11) is 1.74. The first-order chi connectivity index (χ1) is 12.5. The number of benzene rings is 1. The van der Waals surface area contributed by atoms with E-state index >= 15 is 0 Å². The number of carbonyl (C=O) groups excluding carboxylic acids is 1. The summed E-state index contributed by atoms with van der Waals surface area (Å²) in [5.41, 5.74) is 2.37. The van der Waals surface area contributed by atoms with E-state index in [2.05, 4.69) is 6.07 Å². The van der Waals surface area contributed by atoms with Gasteiger partial charge in [-0.15, -0.1) is 0 Å². The number of morpholine rings is 1. The second-order valence-corrected chi connectivity index (χ2v) is 6.94. The Kier molecular flexibility index (Phi) is 6.24. The number of nitrogens with zero attached hydrogens (tertiary/aromatic N) is 2. The Bertz CT molecular complexity index is 651. The average Bonchev–Trinajstić information content (AvgIpc) is 2.61. The Morgan fingerprint density at radius 2 is 2.08 bits per heavy atom. The van der Waals surface area contributed by atoms with Gasteiger partial charge in [0.15, 0.2) is 0 Å². The van der Waals surface area contributed by atoms with Crippen molar-refractivity contribution in [1.29, 1.82) is 0 Å². The van der Waals surface area contributed by atoms with Crippen LogP contribution < -0.4 is 0 Å². The number of aliphatic carboxylic acids is 1. The van der Waals surface area contributed by atoms with E-state index in [1.807, 2.05) is 23.1 Å². The Hall–Kier alpha value is -1.96. The van der Waals surface area contributed by atoms with Gasteiger partial charge in [0.1, 0.15) is 0 Å². The summed E-state index contributed by atoms with van der Waals surface area (Å²) < 4.78 is 11.5. The fourth-order valence-corrected chi connectivity index (χ4v) is 3.63. The van der Waals surface area contributed by atoms with Crippen molar-refractivity contribution in [2.75, 3.05) is 46.4 Å². The van der Waals surface area contributed by atoms with Gasteiger partial charge in [0, 0.05) is 19.6 Å². The number of fused-ring (bicyclic) bond motifs is 1. The summed E-state index contributed by atoms with van der Waals surface area (Å²) >= 11 is 0. The van der Waals surface area contributed by atoms with Crippen molar-refractivity contribution in [2.45, 2.75) is 25.0 Å². The first-order valence-corrected chi connectivity index (χ1v) is 9.02. The Balaban J connectivity index is 1.56. The third-order valence-electron chi connectivity index (χ3n) is 4.86. The lowest BCUT2D eigenvalue weighted by Crippen LogP contribution is -2.50. The zero-order chi connectivity index (χ0) is 18.5. The first-order valence-electron chi connectivity index (χ1n) is 9.02. The van der Waals surface area contributed by atoms with Gasteiger partial charge in [0.25, 0.3) is 0 Å². The molecule has 0 unspecified atom stereocenters. The normalized spacial score (nSPS) is 22.9. The number of rotatable bonds is 6. The maximum Gasteiger partial charge on any atom is 0.317 e. The molecular formula is C19H26N2O5. The number of amides is 1. The lowest BCUT2D eigenvalue weighted by atomic mass is 9.95. The molecule has 1 amide bonds. The molecule has 2 aliphatic heterocycles. The molecule has 0 saturated carbocycles. The minimum absolute atomic E-state index is 0.0412. The van der Waals surface area contributed by atoms with Crippen molar-refractivity contribution in [2.24, 2.45) is 0 Å². The SMILES string of the molecule is CN(CC(=O)O)C[C@H]1CN(C(=O)C[C@@H]2OCCc3ccccc32)CCO1. The fourth-order valence-electron chi connectivity index (χ4n) is 3.63. The monoisotopic (exact) mass is 362 g/mol. The molecule has 0 spiro atoms. The molecule has 26 heavy (non-hydrogen) atoms. The van der Waals surface area contributed by atoms with Crippen LogP contribution in [0.2, 0.25) is 0 Å². The Morgan fingerprint density at radius 3 is 2.88 bits per heavy atom. The highest BCUT2D eigenvalue weighted by molar-refractivity contribution is 5.77. The zero-order valence-corrected chi connectivity index (χ0v) is 15.1. The van der Waals surface area contributed by atoms with Crippen LogP contribution in [0.25, 0.3) is 0 Å². The summed E-state index contributed by atoms with van der Waals surface area (Å²) in [6, 6.07) is 8.13. The second kappa shape index (κ2) is 8.62. The molecule has 2 heterocycles. The molecule has 7 heteroatoms. The standard InChI is InChI=1S/C19H26N2O5/c1-20(13-19(23)24)11-15-12-21(7-9-25-15)18(22)10-17-16-5-3-2-4-14(16)6-8-26-17/h2-5,15,17H,6-13H2,1H3,(H,23,24)/t15-,17-/m0/s1. The van der Waals surface area contributed by atoms with Crippen LogP contribution in [0.5, 0.6) is 0 Å². The maximum absolute atomic E-state index is 12.8. The number of hydrogen-bond acceptors (Lipinski definition) is 5. The average molecular weight is 362 g/mol. The molecule has 2 atom stereocenters. The number of hydrogen-bond donors (Lipinski definition) is 1. The summed E-state index contributed by atoms with van der Waals surface area (Å²) in [4.78, 5) is 27.1. The molecule has 1 saturated heterocycles. The summed E-state index contributed by atoms with van der Waals surface area (Å²) in [5.74, 6) is -0.815. The Morgan fingerprint density at radius 1 is 1.27 bits per heavy atom. The second-order valence-electron chi connectivity index (χ2n) is 6.94. The van der Waals surface area contributed by atoms with Gasteiger partial charge in [0.05, 0.1) is 38.4 Å². The molecule has 0 bridgehead atoms. The molecule has 1 fully saturated rings. The fraction of sp³-hybridized carbons (Fsp3) is 0.579. The van der Waals surface area contributed by atoms with Gasteiger partial charge in [0.2, 0.25) is 5.91 Å². The predicted octanol–water partition coefficient (Wildman–Crippen LogP) is 0.934. The van der Waals surface area contributed by atoms with Gasteiger partial charge in [-0.2, -0.15) is 0 Å². The van der Waals surface area contributed by atoms with Crippen molar-refractivity contribution in [3.8, 4) is 0 Å². The molecule has 1 N–H and O–H groups in total. The molecular weight excluding hydrogens is 336 g/mol. The number of ether oxygens (including phenoxy) is 2. The van der Waals surface area contributed by atoms with Crippen LogP contribution >= 0.6 is 0 Å². The van der Waals surface area contributed by atoms with E-state index in [4.69, 9.17) is 14.6 Å². The number of carboxylic acids is 1. The topological polar surface area (TPSA) is 79.3 Å². The van der Waals surface area contributed by atoms with Crippen LogP contribution in [-0.4, -0.2) is 79.3 Å². The molecule has 0 aliphatic carbocycles. The van der Waals surface area contributed by atoms with E-state index in [9.17, 15) is 9.59 Å². The quantitative estimate of drug-likeness (QED) is 0.811. The molecule has 1 aromatic rings. The van der Waals surface area contributed by atoms with Crippen LogP contribution in [-0.2, 0) is 25.5 Å². The minimum Gasteiger partial charge on any atom is -0.480 e. The largest absolute Gasteiger partial charge is 0.480 e. The van der Waals surface area contributed by atoms with Crippen molar-refractivity contribution >= 4 is 11.9 Å². The molecule has 1 aromatic carbocycles. The van der Waals surface area contributed by atoms with Crippen LogP contribution in [0.3, 0.4) is 0 Å². The lowest BCUT2D eigenvalue weighted by Gasteiger charge is -2.35. The highest BCUT2D eigenvalue weighted by atomic mass is 16.5. The highest BCUT2D eigenvalue weighted by Gasteiger charge is 2.29. The molecule has 3 rings (SSSR count). The van der Waals surface area contributed by atoms with Crippen molar-refractivity contribution in [1.82, 2.24) is 9.80 Å². The third-order valence-corrected chi connectivity index (χ3v) is 4.86. The van der Waals surface area contributed by atoms with E-state index in [0.717, 1.165) is 12.0 Å². The van der Waals surface area contributed by atoms with Crippen LogP contribution in [0.1, 0.15) is 23.7 Å². The van der Waals surface area contributed by atoms with Crippen LogP contribution in [0.15, 0.2) is 24.3 Å². The van der Waals surface area contributed by atoms with E-state index in [0.29, 0.717) is 39.3 Å². The molecule has 2 aliphatic rings. The van der Waals surface area contributed by atoms with Crippen molar-refractivity contribution < 1.29 is 24.2 Å². The van der Waals surface area contributed by atoms with E-state index in [1.165, 1.54) is 5.56 Å². The number of carbonyl (C=O) groups is 2. The van der Waals surface area contributed by atoms with Gasteiger partial charge >= 0.3 is 5.97 Å². The zero-order valence-electron chi connectivity index (χ0n) is 15.1. The molecule has 0 aromatic heterocycles. The number of likely N-dealkylation sites (N-methyl/N-ethyl adjacent to an activating group) is 1. The van der Waals surface area contributed by atoms with Crippen molar-refractivity contribution in [3.05, 3.63) is 35.4 Å². The van der Waals surface area contributed by atoms with Gasteiger partial charge in [-0.25, -0.2) is 0 Å². The van der Waals surface area contributed by atoms with E-state index in [-0.39, 0.29) is 24.7 Å². The smallest absolute Gasteiger partial charge is 0.317 e. The van der Waals surface area contributed by atoms with Crippen molar-refractivity contribution in [3.63, 3.8) is 0 Å². The summed E-state index contributed by atoms with van der Waals surface area (Å²) in [6.07, 6.45) is 0.852. The van der Waals surface area contributed by atoms with E-state index in [1.54, 1.807) is 11.9 Å². The molecule has 7 nitrogen and oxygen atoms in total. The summed E-state index contributed by atoms with van der Waals surface area (Å²) in [5, 5.41) is 8.86. The molecule has 142 valence electrons. The third kappa shape index (κ3) is 4.81. The van der Waals surface area contributed by atoms with Crippen LogP contribution in [0.4, 0.5) is 0 Å². The van der Waals surface area contributed by atoms with Gasteiger partial charge < -0.3 is 19.5 Å². The molecule has 0 radical (unpaired) electrons. The Labute approximate surface area is 153 Å². The predicted molar refractivity (Wildman–Crippen MR) is 94.9 cm³/mol. The van der Waals surface area contributed by atoms with Gasteiger partial charge in [-0.3, -0.25) is 14.5 Å². The maximum atomic E-state index is 12.8. The van der Waals surface area contributed by atoms with Gasteiger partial charge in [-0.05, 0) is 24.6 Å². The lowest BCUT2D eigenvalue weighted by molar-refractivity contribution is -0.144. The number of carboxylic acid groups (broad SMARTS) is 1. The van der Waals surface area contributed by atoms with Gasteiger partial charge in [-0.1, -0.05) is 24.3 Å². The highest BCUT2D eigenvalue weighted by Crippen LogP contribution is 2.30. The van der Waals surface area contributed by atoms with E-state index < -0.39 is 5.97 Å².